The van der Waals surface area contributed by atoms with E-state index in [4.69, 9.17) is 10.2 Å². The third-order valence-electron chi connectivity index (χ3n) is 3.63. The lowest BCUT2D eigenvalue weighted by Crippen LogP contribution is -1.99. The van der Waals surface area contributed by atoms with Crippen molar-refractivity contribution in [2.75, 3.05) is 5.73 Å². The minimum absolute atomic E-state index is 0.100. The Morgan fingerprint density at radius 3 is 2.40 bits per heavy atom. The number of phenolic OH excluding ortho intramolecular Hbond substituents is 1. The molecular weight excluding hydrogens is 318 g/mol. The molecule has 0 spiro atoms. The lowest BCUT2D eigenvalue weighted by Gasteiger charge is -2.06. The van der Waals surface area contributed by atoms with Crippen molar-refractivity contribution in [3.63, 3.8) is 0 Å². The first-order chi connectivity index (χ1) is 12.2. The number of hydrogen-bond acceptors (Lipinski definition) is 7. The van der Waals surface area contributed by atoms with Crippen LogP contribution in [0.15, 0.2) is 65.2 Å². The summed E-state index contributed by atoms with van der Waals surface area (Å²) in [5, 5.41) is 18.1. The maximum atomic E-state index is 10.00. The first-order valence-corrected chi connectivity index (χ1v) is 7.52. The van der Waals surface area contributed by atoms with Gasteiger partial charge in [-0.3, -0.25) is 0 Å². The van der Waals surface area contributed by atoms with Gasteiger partial charge in [-0.2, -0.15) is 0 Å². The van der Waals surface area contributed by atoms with Crippen LogP contribution in [0.4, 0.5) is 5.82 Å². The van der Waals surface area contributed by atoms with E-state index in [-0.39, 0.29) is 23.2 Å². The molecule has 0 saturated heterocycles. The van der Waals surface area contributed by atoms with Crippen LogP contribution < -0.4 is 5.73 Å². The molecule has 0 amide bonds. The number of nitrogen functional groups attached to an aromatic ring is 1. The summed E-state index contributed by atoms with van der Waals surface area (Å²) in [5.74, 6) is 0.802. The summed E-state index contributed by atoms with van der Waals surface area (Å²) in [4.78, 5) is 8.57. The van der Waals surface area contributed by atoms with Crippen molar-refractivity contribution in [2.24, 2.45) is 0 Å². The predicted octanol–water partition coefficient (Wildman–Crippen LogP) is 3.15. The van der Waals surface area contributed by atoms with Gasteiger partial charge < -0.3 is 15.3 Å². The number of phenols is 1. The molecule has 0 saturated carbocycles. The van der Waals surface area contributed by atoms with Crippen molar-refractivity contribution >= 4 is 5.82 Å². The number of benzene rings is 2. The van der Waals surface area contributed by atoms with Gasteiger partial charge in [0.25, 0.3) is 5.89 Å². The van der Waals surface area contributed by atoms with Crippen molar-refractivity contribution in [1.29, 1.82) is 0 Å². The molecule has 2 aromatic heterocycles. The second kappa shape index (κ2) is 6.04. The summed E-state index contributed by atoms with van der Waals surface area (Å²) >= 11 is 0. The first-order valence-electron chi connectivity index (χ1n) is 7.52. The van der Waals surface area contributed by atoms with Gasteiger partial charge in [-0.25, -0.2) is 9.97 Å². The van der Waals surface area contributed by atoms with Gasteiger partial charge in [0, 0.05) is 11.1 Å². The van der Waals surface area contributed by atoms with Gasteiger partial charge in [-0.05, 0) is 24.3 Å². The Hall–Kier alpha value is -3.74. The number of aromatic nitrogens is 4. The Morgan fingerprint density at radius 1 is 0.880 bits per heavy atom. The number of anilines is 1. The maximum absolute atomic E-state index is 10.00. The average Bonchev–Trinajstić information content (AvgIpc) is 3.13. The molecule has 7 heteroatoms. The molecule has 25 heavy (non-hydrogen) atoms. The molecule has 3 N–H and O–H groups in total. The summed E-state index contributed by atoms with van der Waals surface area (Å²) in [5.41, 5.74) is 7.99. The van der Waals surface area contributed by atoms with Crippen molar-refractivity contribution in [3.8, 4) is 40.0 Å². The zero-order valence-electron chi connectivity index (χ0n) is 13.0. The number of nitrogens with two attached hydrogens (primary N) is 1. The van der Waals surface area contributed by atoms with E-state index in [2.05, 4.69) is 20.2 Å². The van der Waals surface area contributed by atoms with Crippen molar-refractivity contribution in [2.45, 2.75) is 0 Å². The Labute approximate surface area is 142 Å². The van der Waals surface area contributed by atoms with Gasteiger partial charge in [-0.15, -0.1) is 10.2 Å². The molecule has 7 nitrogen and oxygen atoms in total. The van der Waals surface area contributed by atoms with E-state index in [0.717, 1.165) is 5.56 Å². The smallest absolute Gasteiger partial charge is 0.270 e. The van der Waals surface area contributed by atoms with Crippen LogP contribution in [0.5, 0.6) is 5.75 Å². The fraction of sp³-hybridized carbons (Fsp3) is 0. The largest absolute Gasteiger partial charge is 0.507 e. The Morgan fingerprint density at radius 2 is 1.60 bits per heavy atom. The molecule has 0 aliphatic rings. The highest BCUT2D eigenvalue weighted by molar-refractivity contribution is 5.71. The number of nitrogens with zero attached hydrogens (tertiary/aromatic N) is 4. The second-order valence-corrected chi connectivity index (χ2v) is 5.28. The van der Waals surface area contributed by atoms with E-state index in [9.17, 15) is 5.11 Å². The van der Waals surface area contributed by atoms with Gasteiger partial charge in [0.1, 0.15) is 5.75 Å². The number of hydrogen-bond donors (Lipinski definition) is 2. The normalized spacial score (nSPS) is 10.7. The highest BCUT2D eigenvalue weighted by atomic mass is 16.4. The molecule has 2 aromatic carbocycles. The first kappa shape index (κ1) is 14.8. The molecule has 0 radical (unpaired) electrons. The lowest BCUT2D eigenvalue weighted by atomic mass is 10.1. The fourth-order valence-corrected chi connectivity index (χ4v) is 2.39. The minimum atomic E-state index is 0.100. The third kappa shape index (κ3) is 2.78. The standard InChI is InChI=1S/C18H13N5O2/c19-16-15(18-23-22-17(25-18)11-6-2-1-3-7-11)21-13(10-20-16)12-8-4-5-9-14(12)24/h1-10,24H,(H2,19,20). The van der Waals surface area contributed by atoms with Crippen LogP contribution in [0.1, 0.15) is 0 Å². The molecule has 0 unspecified atom stereocenters. The lowest BCUT2D eigenvalue weighted by molar-refractivity contribution is 0.477. The van der Waals surface area contributed by atoms with E-state index < -0.39 is 0 Å². The summed E-state index contributed by atoms with van der Waals surface area (Å²) < 4.78 is 5.69. The molecule has 122 valence electrons. The molecular formula is C18H13N5O2. The Balaban J connectivity index is 1.78. The zero-order chi connectivity index (χ0) is 17.2. The van der Waals surface area contributed by atoms with Gasteiger partial charge in [0.05, 0.1) is 11.9 Å². The number of para-hydroxylation sites is 1. The SMILES string of the molecule is Nc1ncc(-c2ccccc2O)nc1-c1nnc(-c2ccccc2)o1. The third-order valence-corrected chi connectivity index (χ3v) is 3.63. The van der Waals surface area contributed by atoms with E-state index >= 15 is 0 Å². The van der Waals surface area contributed by atoms with E-state index in [1.807, 2.05) is 30.3 Å². The molecule has 2 heterocycles. The topological polar surface area (TPSA) is 111 Å². The molecule has 4 rings (SSSR count). The van der Waals surface area contributed by atoms with Gasteiger partial charge in [0.2, 0.25) is 5.89 Å². The summed E-state index contributed by atoms with van der Waals surface area (Å²) in [6.45, 7) is 0. The van der Waals surface area contributed by atoms with Crippen molar-refractivity contribution < 1.29 is 9.52 Å². The van der Waals surface area contributed by atoms with Gasteiger partial charge in [-0.1, -0.05) is 30.3 Å². The Kier molecular flexibility index (Phi) is 3.59. The van der Waals surface area contributed by atoms with Gasteiger partial charge >= 0.3 is 0 Å². The highest BCUT2D eigenvalue weighted by Gasteiger charge is 2.17. The molecule has 0 bridgehead atoms. The summed E-state index contributed by atoms with van der Waals surface area (Å²) in [6, 6.07) is 16.2. The van der Waals surface area contributed by atoms with Crippen LogP contribution in [-0.4, -0.2) is 25.3 Å². The molecule has 0 aliphatic carbocycles. The monoisotopic (exact) mass is 331 g/mol. The van der Waals surface area contributed by atoms with E-state index in [1.54, 1.807) is 24.3 Å². The van der Waals surface area contributed by atoms with Crippen LogP contribution >= 0.6 is 0 Å². The number of aromatic hydroxyl groups is 1. The summed E-state index contributed by atoms with van der Waals surface area (Å²) in [7, 11) is 0. The van der Waals surface area contributed by atoms with Crippen LogP contribution in [0.3, 0.4) is 0 Å². The van der Waals surface area contributed by atoms with E-state index in [1.165, 1.54) is 6.20 Å². The van der Waals surface area contributed by atoms with E-state index in [0.29, 0.717) is 17.1 Å². The molecule has 0 fully saturated rings. The fourth-order valence-electron chi connectivity index (χ4n) is 2.39. The van der Waals surface area contributed by atoms with Gasteiger partial charge in [0.15, 0.2) is 11.5 Å². The quantitative estimate of drug-likeness (QED) is 0.593. The molecule has 0 aliphatic heterocycles. The number of rotatable bonds is 3. The molecule has 4 aromatic rings. The second-order valence-electron chi connectivity index (χ2n) is 5.28. The minimum Gasteiger partial charge on any atom is -0.507 e. The van der Waals surface area contributed by atoms with Crippen LogP contribution in [0.2, 0.25) is 0 Å². The Bertz CT molecular complexity index is 1030. The highest BCUT2D eigenvalue weighted by Crippen LogP contribution is 2.31. The van der Waals surface area contributed by atoms with Crippen molar-refractivity contribution in [3.05, 3.63) is 60.8 Å². The van der Waals surface area contributed by atoms with Crippen molar-refractivity contribution in [1.82, 2.24) is 20.2 Å². The maximum Gasteiger partial charge on any atom is 0.270 e. The summed E-state index contributed by atoms with van der Waals surface area (Å²) in [6.07, 6.45) is 1.49. The zero-order valence-corrected chi connectivity index (χ0v) is 13.0. The predicted molar refractivity (Wildman–Crippen MR) is 92.3 cm³/mol. The molecule has 0 atom stereocenters. The van der Waals surface area contributed by atoms with Crippen LogP contribution in [0.25, 0.3) is 34.3 Å². The average molecular weight is 331 g/mol. The van der Waals surface area contributed by atoms with Crippen LogP contribution in [0, 0.1) is 0 Å². The van der Waals surface area contributed by atoms with Crippen LogP contribution in [-0.2, 0) is 0 Å².